The minimum absolute atomic E-state index is 0.0846. The summed E-state index contributed by atoms with van der Waals surface area (Å²) in [5.74, 6) is -1.28. The second-order valence-electron chi connectivity index (χ2n) is 5.33. The van der Waals surface area contributed by atoms with Gasteiger partial charge in [0.25, 0.3) is 5.91 Å². The Bertz CT molecular complexity index is 722. The maximum absolute atomic E-state index is 13.8. The lowest BCUT2D eigenvalue weighted by Crippen LogP contribution is -2.36. The van der Waals surface area contributed by atoms with E-state index in [-0.39, 0.29) is 24.4 Å². The lowest BCUT2D eigenvalue weighted by molar-refractivity contribution is -0.125. The SMILES string of the molecule is CCC(CC)NC(=O)COC(=O)c1sc2cccc(F)c2c1C. The number of esters is 1. The fourth-order valence-corrected chi connectivity index (χ4v) is 3.52. The highest BCUT2D eigenvalue weighted by molar-refractivity contribution is 7.21. The first kappa shape index (κ1) is 17.4. The van der Waals surface area contributed by atoms with E-state index in [9.17, 15) is 14.0 Å². The first-order chi connectivity index (χ1) is 11.0. The largest absolute Gasteiger partial charge is 0.451 e. The van der Waals surface area contributed by atoms with Crippen LogP contribution in [0.3, 0.4) is 0 Å². The third-order valence-electron chi connectivity index (χ3n) is 3.77. The van der Waals surface area contributed by atoms with Crippen molar-refractivity contribution in [1.82, 2.24) is 5.32 Å². The summed E-state index contributed by atoms with van der Waals surface area (Å²) in [6, 6.07) is 4.81. The van der Waals surface area contributed by atoms with E-state index in [2.05, 4.69) is 5.32 Å². The quantitative estimate of drug-likeness (QED) is 0.816. The molecule has 0 saturated carbocycles. The van der Waals surface area contributed by atoms with Crippen LogP contribution < -0.4 is 5.32 Å². The molecule has 1 aromatic heterocycles. The molecule has 1 N–H and O–H groups in total. The molecule has 0 aliphatic carbocycles. The summed E-state index contributed by atoms with van der Waals surface area (Å²) < 4.78 is 19.6. The van der Waals surface area contributed by atoms with Gasteiger partial charge >= 0.3 is 5.97 Å². The lowest BCUT2D eigenvalue weighted by Gasteiger charge is -2.14. The topological polar surface area (TPSA) is 55.4 Å². The van der Waals surface area contributed by atoms with Crippen molar-refractivity contribution in [3.63, 3.8) is 0 Å². The molecular formula is C17H20FNO3S. The average molecular weight is 337 g/mol. The summed E-state index contributed by atoms with van der Waals surface area (Å²) in [4.78, 5) is 24.3. The number of thiophene rings is 1. The number of halogens is 1. The molecule has 0 radical (unpaired) electrons. The van der Waals surface area contributed by atoms with E-state index in [0.29, 0.717) is 20.5 Å². The van der Waals surface area contributed by atoms with Gasteiger partial charge in [-0.15, -0.1) is 11.3 Å². The van der Waals surface area contributed by atoms with E-state index in [1.807, 2.05) is 13.8 Å². The number of hydrogen-bond acceptors (Lipinski definition) is 4. The number of aryl methyl sites for hydroxylation is 1. The number of nitrogens with one attached hydrogen (secondary N) is 1. The van der Waals surface area contributed by atoms with E-state index in [1.165, 1.54) is 17.4 Å². The van der Waals surface area contributed by atoms with Gasteiger partial charge < -0.3 is 10.1 Å². The Hall–Kier alpha value is -1.95. The molecule has 4 nitrogen and oxygen atoms in total. The van der Waals surface area contributed by atoms with Gasteiger partial charge in [0.1, 0.15) is 10.7 Å². The summed E-state index contributed by atoms with van der Waals surface area (Å²) in [7, 11) is 0. The van der Waals surface area contributed by atoms with Crippen molar-refractivity contribution >= 4 is 33.3 Å². The van der Waals surface area contributed by atoms with Crippen molar-refractivity contribution < 1.29 is 18.7 Å². The van der Waals surface area contributed by atoms with Gasteiger partial charge in [0.15, 0.2) is 6.61 Å². The minimum Gasteiger partial charge on any atom is -0.451 e. The van der Waals surface area contributed by atoms with Gasteiger partial charge in [-0.3, -0.25) is 4.79 Å². The number of carbonyl (C=O) groups is 2. The fraction of sp³-hybridized carbons (Fsp3) is 0.412. The summed E-state index contributed by atoms with van der Waals surface area (Å²) in [5.41, 5.74) is 0.550. The van der Waals surface area contributed by atoms with Gasteiger partial charge in [0, 0.05) is 16.1 Å². The number of ether oxygens (including phenoxy) is 1. The van der Waals surface area contributed by atoms with Crippen molar-refractivity contribution in [1.29, 1.82) is 0 Å². The molecule has 1 heterocycles. The number of fused-ring (bicyclic) bond motifs is 1. The molecule has 0 atom stereocenters. The standard InChI is InChI=1S/C17H20FNO3S/c1-4-11(5-2)19-14(20)9-22-17(21)16-10(3)15-12(18)7-6-8-13(15)23-16/h6-8,11H,4-5,9H2,1-3H3,(H,19,20). The Morgan fingerprint density at radius 3 is 2.61 bits per heavy atom. The highest BCUT2D eigenvalue weighted by atomic mass is 32.1. The number of amides is 1. The van der Waals surface area contributed by atoms with Crippen LogP contribution in [0.4, 0.5) is 4.39 Å². The highest BCUT2D eigenvalue weighted by Crippen LogP contribution is 2.32. The van der Waals surface area contributed by atoms with Crippen LogP contribution in [0.25, 0.3) is 10.1 Å². The zero-order valence-corrected chi connectivity index (χ0v) is 14.3. The highest BCUT2D eigenvalue weighted by Gasteiger charge is 2.20. The van der Waals surface area contributed by atoms with Crippen LogP contribution in [0, 0.1) is 12.7 Å². The van der Waals surface area contributed by atoms with Crippen LogP contribution in [0.2, 0.25) is 0 Å². The first-order valence-corrected chi connectivity index (χ1v) is 8.43. The Balaban J connectivity index is 2.06. The normalized spacial score (nSPS) is 11.0. The predicted molar refractivity (Wildman–Crippen MR) is 89.3 cm³/mol. The summed E-state index contributed by atoms with van der Waals surface area (Å²) in [6.07, 6.45) is 1.65. The zero-order chi connectivity index (χ0) is 17.0. The van der Waals surface area contributed by atoms with E-state index in [0.717, 1.165) is 12.8 Å². The van der Waals surface area contributed by atoms with Gasteiger partial charge in [0.05, 0.1) is 0 Å². The molecule has 6 heteroatoms. The molecule has 124 valence electrons. The van der Waals surface area contributed by atoms with Gasteiger partial charge in [-0.05, 0) is 37.5 Å². The molecule has 23 heavy (non-hydrogen) atoms. The van der Waals surface area contributed by atoms with E-state index in [4.69, 9.17) is 4.74 Å². The average Bonchev–Trinajstić information content (AvgIpc) is 2.88. The molecule has 1 amide bonds. The summed E-state index contributed by atoms with van der Waals surface area (Å²) >= 11 is 1.17. The van der Waals surface area contributed by atoms with Crippen molar-refractivity contribution in [2.75, 3.05) is 6.61 Å². The molecule has 0 spiro atoms. The molecule has 0 aliphatic rings. The Kier molecular flexibility index (Phi) is 5.71. The lowest BCUT2D eigenvalue weighted by atomic mass is 10.1. The zero-order valence-electron chi connectivity index (χ0n) is 13.4. The second-order valence-corrected chi connectivity index (χ2v) is 6.38. The van der Waals surface area contributed by atoms with Crippen molar-refractivity contribution in [2.45, 2.75) is 39.7 Å². The molecule has 0 unspecified atom stereocenters. The predicted octanol–water partition coefficient (Wildman–Crippen LogP) is 3.81. The number of rotatable bonds is 6. The van der Waals surface area contributed by atoms with Crippen molar-refractivity contribution in [3.8, 4) is 0 Å². The van der Waals surface area contributed by atoms with Gasteiger partial charge in [-0.25, -0.2) is 9.18 Å². The Labute approximate surface area is 138 Å². The molecular weight excluding hydrogens is 317 g/mol. The molecule has 1 aromatic carbocycles. The number of carbonyl (C=O) groups excluding carboxylic acids is 2. The molecule has 2 rings (SSSR count). The van der Waals surface area contributed by atoms with Crippen LogP contribution in [-0.4, -0.2) is 24.5 Å². The molecule has 2 aromatic rings. The fourth-order valence-electron chi connectivity index (χ4n) is 2.41. The van der Waals surface area contributed by atoms with Gasteiger partial charge in [-0.2, -0.15) is 0 Å². The summed E-state index contributed by atoms with van der Waals surface area (Å²) in [6.45, 7) is 5.32. The Morgan fingerprint density at radius 1 is 1.30 bits per heavy atom. The van der Waals surface area contributed by atoms with Crippen LogP contribution in [-0.2, 0) is 9.53 Å². The molecule has 0 fully saturated rings. The molecule has 0 saturated heterocycles. The minimum atomic E-state index is -0.595. The van der Waals surface area contributed by atoms with Crippen LogP contribution in [0.15, 0.2) is 18.2 Å². The van der Waals surface area contributed by atoms with E-state index in [1.54, 1.807) is 19.1 Å². The second kappa shape index (κ2) is 7.55. The Morgan fingerprint density at radius 2 is 2.00 bits per heavy atom. The van der Waals surface area contributed by atoms with Gasteiger partial charge in [0.2, 0.25) is 0 Å². The molecule has 0 bridgehead atoms. The van der Waals surface area contributed by atoms with E-state index < -0.39 is 5.97 Å². The first-order valence-electron chi connectivity index (χ1n) is 7.62. The maximum Gasteiger partial charge on any atom is 0.349 e. The molecule has 0 aliphatic heterocycles. The van der Waals surface area contributed by atoms with Crippen molar-refractivity contribution in [2.24, 2.45) is 0 Å². The van der Waals surface area contributed by atoms with E-state index >= 15 is 0 Å². The monoisotopic (exact) mass is 337 g/mol. The maximum atomic E-state index is 13.8. The third-order valence-corrected chi connectivity index (χ3v) is 5.01. The number of hydrogen-bond donors (Lipinski definition) is 1. The number of benzene rings is 1. The third kappa shape index (κ3) is 3.88. The van der Waals surface area contributed by atoms with Crippen LogP contribution >= 0.6 is 11.3 Å². The van der Waals surface area contributed by atoms with Crippen LogP contribution in [0.5, 0.6) is 0 Å². The van der Waals surface area contributed by atoms with Crippen LogP contribution in [0.1, 0.15) is 41.9 Å². The van der Waals surface area contributed by atoms with Gasteiger partial charge in [-0.1, -0.05) is 19.9 Å². The van der Waals surface area contributed by atoms with Crippen molar-refractivity contribution in [3.05, 3.63) is 34.5 Å². The summed E-state index contributed by atoms with van der Waals surface area (Å²) in [5, 5.41) is 3.24. The smallest absolute Gasteiger partial charge is 0.349 e.